The molecule has 2 atom stereocenters. The van der Waals surface area contributed by atoms with Gasteiger partial charge >= 0.3 is 0 Å². The van der Waals surface area contributed by atoms with Gasteiger partial charge in [0, 0.05) is 18.9 Å². The van der Waals surface area contributed by atoms with Crippen LogP contribution in [-0.2, 0) is 0 Å². The maximum Gasteiger partial charge on any atom is 0.248 e. The highest BCUT2D eigenvalue weighted by Crippen LogP contribution is 2.42. The van der Waals surface area contributed by atoms with E-state index in [9.17, 15) is 8.78 Å². The van der Waals surface area contributed by atoms with Crippen molar-refractivity contribution in [1.82, 2.24) is 5.32 Å². The number of aryl methyl sites for hydroxylation is 1. The highest BCUT2D eigenvalue weighted by Gasteiger charge is 2.39. The van der Waals surface area contributed by atoms with Crippen LogP contribution in [0.1, 0.15) is 42.9 Å². The minimum absolute atomic E-state index is 0.0526. The monoisotopic (exact) mass is 253 g/mol. The van der Waals surface area contributed by atoms with Gasteiger partial charge in [0.05, 0.1) is 0 Å². The Hall–Kier alpha value is -0.960. The van der Waals surface area contributed by atoms with Gasteiger partial charge in [0.2, 0.25) is 5.92 Å². The second-order valence-electron chi connectivity index (χ2n) is 5.40. The Kier molecular flexibility index (Phi) is 4.00. The van der Waals surface area contributed by atoms with Crippen molar-refractivity contribution in [1.29, 1.82) is 0 Å². The normalized spacial score (nSPS) is 24.1. The molecule has 3 heteroatoms. The number of hydrogen-bond donors (Lipinski definition) is 1. The number of benzene rings is 1. The number of rotatable bonds is 4. The lowest BCUT2D eigenvalue weighted by molar-refractivity contribution is 0.00433. The first-order chi connectivity index (χ1) is 8.52. The molecule has 1 aromatic carbocycles. The molecule has 2 unspecified atom stereocenters. The number of nitrogens with one attached hydrogen (secondary N) is 1. The Labute approximate surface area is 108 Å². The quantitative estimate of drug-likeness (QED) is 0.852. The second-order valence-corrected chi connectivity index (χ2v) is 5.40. The van der Waals surface area contributed by atoms with Crippen LogP contribution in [0.4, 0.5) is 8.78 Å². The Morgan fingerprint density at radius 3 is 2.67 bits per heavy atom. The predicted molar refractivity (Wildman–Crippen MR) is 69.9 cm³/mol. The fourth-order valence-corrected chi connectivity index (χ4v) is 2.95. The number of hydrogen-bond acceptors (Lipinski definition) is 1. The van der Waals surface area contributed by atoms with Gasteiger partial charge in [-0.2, -0.15) is 0 Å². The van der Waals surface area contributed by atoms with Crippen molar-refractivity contribution in [2.75, 3.05) is 7.05 Å². The lowest BCUT2D eigenvalue weighted by atomic mass is 9.91. The molecule has 0 spiro atoms. The van der Waals surface area contributed by atoms with Crippen LogP contribution in [0.3, 0.4) is 0 Å². The molecule has 0 saturated heterocycles. The van der Waals surface area contributed by atoms with Gasteiger partial charge in [0.25, 0.3) is 0 Å². The van der Waals surface area contributed by atoms with E-state index in [2.05, 4.69) is 24.4 Å². The number of halogens is 2. The van der Waals surface area contributed by atoms with Crippen LogP contribution in [0, 0.1) is 12.8 Å². The maximum atomic E-state index is 13.2. The molecular weight excluding hydrogens is 232 g/mol. The molecule has 100 valence electrons. The Morgan fingerprint density at radius 1 is 1.39 bits per heavy atom. The van der Waals surface area contributed by atoms with E-state index in [1.54, 1.807) is 0 Å². The molecule has 1 aliphatic rings. The molecule has 1 fully saturated rings. The van der Waals surface area contributed by atoms with E-state index >= 15 is 0 Å². The van der Waals surface area contributed by atoms with Gasteiger partial charge in [-0.1, -0.05) is 24.3 Å². The van der Waals surface area contributed by atoms with Crippen molar-refractivity contribution in [2.24, 2.45) is 5.92 Å². The molecule has 1 N–H and O–H groups in total. The summed E-state index contributed by atoms with van der Waals surface area (Å²) in [4.78, 5) is 0. The average Bonchev–Trinajstić information content (AvgIpc) is 2.67. The SMILES string of the molecule is CNC(CC1CCC(F)(F)C1)c1ccccc1C. The van der Waals surface area contributed by atoms with Crippen LogP contribution in [0.2, 0.25) is 0 Å². The molecule has 1 saturated carbocycles. The van der Waals surface area contributed by atoms with E-state index in [0.29, 0.717) is 6.42 Å². The first kappa shape index (κ1) is 13.5. The van der Waals surface area contributed by atoms with Gasteiger partial charge in [-0.3, -0.25) is 0 Å². The van der Waals surface area contributed by atoms with Crippen molar-refractivity contribution in [3.63, 3.8) is 0 Å². The molecule has 0 radical (unpaired) electrons. The van der Waals surface area contributed by atoms with Crippen LogP contribution < -0.4 is 5.32 Å². The smallest absolute Gasteiger partial charge is 0.248 e. The minimum atomic E-state index is -2.44. The molecule has 1 nitrogen and oxygen atoms in total. The highest BCUT2D eigenvalue weighted by molar-refractivity contribution is 5.28. The summed E-state index contributed by atoms with van der Waals surface area (Å²) in [5.41, 5.74) is 2.46. The Morgan fingerprint density at radius 2 is 2.11 bits per heavy atom. The molecule has 0 heterocycles. The molecule has 18 heavy (non-hydrogen) atoms. The molecule has 2 rings (SSSR count). The summed E-state index contributed by atoms with van der Waals surface area (Å²) in [6.45, 7) is 2.07. The molecule has 1 aromatic rings. The summed E-state index contributed by atoms with van der Waals surface area (Å²) in [6, 6.07) is 8.36. The molecular formula is C15H21F2N. The van der Waals surface area contributed by atoms with Gasteiger partial charge in [-0.05, 0) is 43.9 Å². The molecule has 0 amide bonds. The van der Waals surface area contributed by atoms with E-state index in [4.69, 9.17) is 0 Å². The molecule has 1 aliphatic carbocycles. The molecule has 0 aliphatic heterocycles. The third kappa shape index (κ3) is 3.08. The zero-order chi connectivity index (χ0) is 13.2. The highest BCUT2D eigenvalue weighted by atomic mass is 19.3. The third-order valence-electron chi connectivity index (χ3n) is 3.99. The first-order valence-corrected chi connectivity index (χ1v) is 6.62. The van der Waals surface area contributed by atoms with Gasteiger partial charge in [-0.15, -0.1) is 0 Å². The predicted octanol–water partition coefficient (Wildman–Crippen LogP) is 4.08. The van der Waals surface area contributed by atoms with E-state index in [1.807, 2.05) is 19.2 Å². The van der Waals surface area contributed by atoms with Gasteiger partial charge in [0.1, 0.15) is 0 Å². The average molecular weight is 253 g/mol. The van der Waals surface area contributed by atoms with Crippen LogP contribution >= 0.6 is 0 Å². The fraction of sp³-hybridized carbons (Fsp3) is 0.600. The summed E-state index contributed by atoms with van der Waals surface area (Å²) in [6.07, 6.45) is 1.56. The minimum Gasteiger partial charge on any atom is -0.313 e. The lowest BCUT2D eigenvalue weighted by Crippen LogP contribution is -2.20. The maximum absolute atomic E-state index is 13.2. The summed E-state index contributed by atoms with van der Waals surface area (Å²) in [5.74, 6) is -2.30. The summed E-state index contributed by atoms with van der Waals surface area (Å²) in [5, 5.41) is 3.27. The lowest BCUT2D eigenvalue weighted by Gasteiger charge is -2.22. The van der Waals surface area contributed by atoms with Gasteiger partial charge < -0.3 is 5.32 Å². The van der Waals surface area contributed by atoms with E-state index < -0.39 is 5.92 Å². The zero-order valence-corrected chi connectivity index (χ0v) is 11.0. The van der Waals surface area contributed by atoms with Crippen molar-refractivity contribution >= 4 is 0 Å². The van der Waals surface area contributed by atoms with Crippen LogP contribution in [0.15, 0.2) is 24.3 Å². The van der Waals surface area contributed by atoms with Crippen LogP contribution in [0.25, 0.3) is 0 Å². The summed E-state index contributed by atoms with van der Waals surface area (Å²) in [7, 11) is 1.91. The van der Waals surface area contributed by atoms with Crippen molar-refractivity contribution < 1.29 is 8.78 Å². The van der Waals surface area contributed by atoms with Gasteiger partial charge in [0.15, 0.2) is 0 Å². The van der Waals surface area contributed by atoms with E-state index in [0.717, 1.165) is 6.42 Å². The van der Waals surface area contributed by atoms with Crippen LogP contribution in [-0.4, -0.2) is 13.0 Å². The largest absolute Gasteiger partial charge is 0.313 e. The van der Waals surface area contributed by atoms with Crippen molar-refractivity contribution in [3.05, 3.63) is 35.4 Å². The Balaban J connectivity index is 2.05. The summed E-state index contributed by atoms with van der Waals surface area (Å²) < 4.78 is 26.4. The van der Waals surface area contributed by atoms with Crippen molar-refractivity contribution in [3.8, 4) is 0 Å². The third-order valence-corrected chi connectivity index (χ3v) is 3.99. The Bertz CT molecular complexity index is 403. The van der Waals surface area contributed by atoms with Gasteiger partial charge in [-0.25, -0.2) is 8.78 Å². The first-order valence-electron chi connectivity index (χ1n) is 6.62. The molecule has 0 bridgehead atoms. The van der Waals surface area contributed by atoms with E-state index in [1.165, 1.54) is 11.1 Å². The second kappa shape index (κ2) is 5.35. The topological polar surface area (TPSA) is 12.0 Å². The molecule has 0 aromatic heterocycles. The zero-order valence-electron chi connectivity index (χ0n) is 11.0. The summed E-state index contributed by atoms with van der Waals surface area (Å²) >= 11 is 0. The fourth-order valence-electron chi connectivity index (χ4n) is 2.95. The van der Waals surface area contributed by atoms with Crippen molar-refractivity contribution in [2.45, 2.75) is 44.6 Å². The van der Waals surface area contributed by atoms with Crippen LogP contribution in [0.5, 0.6) is 0 Å². The standard InChI is InChI=1S/C15H21F2N/c1-11-5-3-4-6-13(11)14(18-2)9-12-7-8-15(16,17)10-12/h3-6,12,14,18H,7-10H2,1-2H3. The number of alkyl halides is 2. The van der Waals surface area contributed by atoms with E-state index in [-0.39, 0.29) is 24.8 Å².